The number of hydrogen-bond acceptors (Lipinski definition) is 6. The minimum absolute atomic E-state index is 0.119. The van der Waals surface area contributed by atoms with Gasteiger partial charge in [0.15, 0.2) is 5.13 Å². The molecular weight excluding hydrogens is 426 g/mol. The minimum atomic E-state index is -0.119. The Morgan fingerprint density at radius 3 is 2.74 bits per heavy atom. The number of amides is 1. The molecule has 0 saturated carbocycles. The summed E-state index contributed by atoms with van der Waals surface area (Å²) in [5, 5.41) is 6.28. The minimum Gasteiger partial charge on any atom is -0.493 e. The van der Waals surface area contributed by atoms with Crippen LogP contribution in [0.25, 0.3) is 10.6 Å². The van der Waals surface area contributed by atoms with Crippen molar-refractivity contribution < 1.29 is 9.53 Å². The molecule has 0 bridgehead atoms. The van der Waals surface area contributed by atoms with E-state index in [0.717, 1.165) is 33.3 Å². The average Bonchev–Trinajstić information content (AvgIpc) is 3.40. The van der Waals surface area contributed by atoms with Crippen LogP contribution in [0.5, 0.6) is 5.75 Å². The van der Waals surface area contributed by atoms with Gasteiger partial charge in [0.2, 0.25) is 5.91 Å². The molecule has 0 unspecified atom stereocenters. The predicted octanol–water partition coefficient (Wildman–Crippen LogP) is 5.75. The summed E-state index contributed by atoms with van der Waals surface area (Å²) in [7, 11) is 0. The quantitative estimate of drug-likeness (QED) is 0.372. The number of aromatic nitrogens is 2. The maximum atomic E-state index is 12.5. The zero-order valence-electron chi connectivity index (χ0n) is 17.4. The van der Waals surface area contributed by atoms with Crippen molar-refractivity contribution in [2.45, 2.75) is 26.7 Å². The van der Waals surface area contributed by atoms with E-state index in [1.807, 2.05) is 42.8 Å². The molecule has 0 fully saturated rings. The molecule has 0 saturated heterocycles. The van der Waals surface area contributed by atoms with Crippen molar-refractivity contribution >= 4 is 33.7 Å². The summed E-state index contributed by atoms with van der Waals surface area (Å²) < 4.78 is 5.69. The van der Waals surface area contributed by atoms with E-state index in [1.165, 1.54) is 33.8 Å². The number of carbonyl (C=O) groups excluding carboxylic acids is 1. The molecule has 1 amide bonds. The zero-order chi connectivity index (χ0) is 21.6. The molecule has 5 nitrogen and oxygen atoms in total. The predicted molar refractivity (Wildman–Crippen MR) is 127 cm³/mol. The maximum Gasteiger partial charge on any atom is 0.232 e. The van der Waals surface area contributed by atoms with Gasteiger partial charge in [-0.2, -0.15) is 0 Å². The number of rotatable bonds is 8. The fourth-order valence-corrected chi connectivity index (χ4v) is 4.83. The number of anilines is 1. The summed E-state index contributed by atoms with van der Waals surface area (Å²) in [4.78, 5) is 22.6. The number of ether oxygens (including phenoxy) is 1. The van der Waals surface area contributed by atoms with E-state index >= 15 is 0 Å². The Morgan fingerprint density at radius 2 is 1.94 bits per heavy atom. The van der Waals surface area contributed by atoms with E-state index in [2.05, 4.69) is 46.5 Å². The van der Waals surface area contributed by atoms with E-state index in [9.17, 15) is 4.79 Å². The summed E-state index contributed by atoms with van der Waals surface area (Å²) in [6, 6.07) is 16.3. The standard InChI is InChI=1S/C24H23N3O2S2/c1-3-29-21-7-5-4-6-20(21)23-26-18(15-30-23)13-22(28)27-24-25-14-19(31-24)12-17-10-8-16(2)9-11-17/h4-11,14-15H,3,12-13H2,1-2H3,(H,25,27,28). The van der Waals surface area contributed by atoms with Gasteiger partial charge in [-0.15, -0.1) is 22.7 Å². The number of hydrogen-bond donors (Lipinski definition) is 1. The summed E-state index contributed by atoms with van der Waals surface area (Å²) in [5.41, 5.74) is 4.16. The maximum absolute atomic E-state index is 12.5. The fraction of sp³-hybridized carbons (Fsp3) is 0.208. The molecule has 2 heterocycles. The smallest absolute Gasteiger partial charge is 0.232 e. The van der Waals surface area contributed by atoms with E-state index < -0.39 is 0 Å². The van der Waals surface area contributed by atoms with Gasteiger partial charge >= 0.3 is 0 Å². The zero-order valence-corrected chi connectivity index (χ0v) is 19.1. The molecule has 31 heavy (non-hydrogen) atoms. The molecule has 4 rings (SSSR count). The third-order valence-corrected chi connectivity index (χ3v) is 6.45. The number of para-hydroxylation sites is 1. The van der Waals surface area contributed by atoms with Crippen LogP contribution in [0.2, 0.25) is 0 Å². The molecule has 158 valence electrons. The Labute approximate surface area is 189 Å². The first kappa shape index (κ1) is 21.2. The van der Waals surface area contributed by atoms with Crippen LogP contribution in [0.15, 0.2) is 60.1 Å². The van der Waals surface area contributed by atoms with Gasteiger partial charge in [-0.05, 0) is 31.5 Å². The molecule has 0 aliphatic rings. The van der Waals surface area contributed by atoms with Crippen molar-refractivity contribution in [3.63, 3.8) is 0 Å². The molecule has 2 aromatic carbocycles. The van der Waals surface area contributed by atoms with Gasteiger partial charge in [0.1, 0.15) is 10.8 Å². The summed E-state index contributed by atoms with van der Waals surface area (Å²) in [6.45, 7) is 4.63. The van der Waals surface area contributed by atoms with Crippen LogP contribution in [0.3, 0.4) is 0 Å². The second-order valence-corrected chi connectivity index (χ2v) is 9.07. The first-order chi connectivity index (χ1) is 15.1. The third-order valence-electron chi connectivity index (χ3n) is 4.61. The number of thiazole rings is 2. The molecule has 0 radical (unpaired) electrons. The van der Waals surface area contributed by atoms with Crippen LogP contribution in [-0.2, 0) is 17.6 Å². The van der Waals surface area contributed by atoms with Crippen molar-refractivity contribution in [2.24, 2.45) is 0 Å². The van der Waals surface area contributed by atoms with Gasteiger partial charge in [0.25, 0.3) is 0 Å². The van der Waals surface area contributed by atoms with Gasteiger partial charge in [-0.1, -0.05) is 42.0 Å². The lowest BCUT2D eigenvalue weighted by atomic mass is 10.1. The Hall–Kier alpha value is -3.03. The highest BCUT2D eigenvalue weighted by Crippen LogP contribution is 2.32. The largest absolute Gasteiger partial charge is 0.493 e. The third kappa shape index (κ3) is 5.57. The number of benzene rings is 2. The summed E-state index contributed by atoms with van der Waals surface area (Å²) >= 11 is 3.02. The van der Waals surface area contributed by atoms with Crippen LogP contribution in [0.1, 0.15) is 28.6 Å². The second-order valence-electron chi connectivity index (χ2n) is 7.09. The Balaban J connectivity index is 1.37. The van der Waals surface area contributed by atoms with Gasteiger partial charge in [-0.25, -0.2) is 9.97 Å². The second kappa shape index (κ2) is 9.85. The lowest BCUT2D eigenvalue weighted by Crippen LogP contribution is -2.14. The highest BCUT2D eigenvalue weighted by atomic mass is 32.1. The van der Waals surface area contributed by atoms with E-state index in [0.29, 0.717) is 11.7 Å². The number of nitrogens with one attached hydrogen (secondary N) is 1. The molecule has 4 aromatic rings. The SMILES string of the molecule is CCOc1ccccc1-c1nc(CC(=O)Nc2ncc(Cc3ccc(C)cc3)s2)cs1. The van der Waals surface area contributed by atoms with E-state index in [1.54, 1.807) is 0 Å². The van der Waals surface area contributed by atoms with Crippen LogP contribution in [0.4, 0.5) is 5.13 Å². The molecule has 1 N–H and O–H groups in total. The normalized spacial score (nSPS) is 10.8. The number of carbonyl (C=O) groups is 1. The lowest BCUT2D eigenvalue weighted by Gasteiger charge is -2.07. The van der Waals surface area contributed by atoms with Crippen LogP contribution in [0, 0.1) is 6.92 Å². The topological polar surface area (TPSA) is 64.1 Å². The molecule has 0 spiro atoms. The molecule has 2 aromatic heterocycles. The molecule has 0 atom stereocenters. The Kier molecular flexibility index (Phi) is 6.74. The van der Waals surface area contributed by atoms with E-state index in [-0.39, 0.29) is 12.3 Å². The first-order valence-electron chi connectivity index (χ1n) is 10.1. The van der Waals surface area contributed by atoms with Gasteiger partial charge in [0.05, 0.1) is 24.3 Å². The van der Waals surface area contributed by atoms with Crippen LogP contribution < -0.4 is 10.1 Å². The van der Waals surface area contributed by atoms with Crippen LogP contribution in [-0.4, -0.2) is 22.5 Å². The van der Waals surface area contributed by atoms with Crippen LogP contribution >= 0.6 is 22.7 Å². The Morgan fingerprint density at radius 1 is 1.13 bits per heavy atom. The molecule has 7 heteroatoms. The highest BCUT2D eigenvalue weighted by molar-refractivity contribution is 7.15. The van der Waals surface area contributed by atoms with Gasteiger partial charge < -0.3 is 10.1 Å². The van der Waals surface area contributed by atoms with Crippen molar-refractivity contribution in [2.75, 3.05) is 11.9 Å². The monoisotopic (exact) mass is 449 g/mol. The van der Waals surface area contributed by atoms with E-state index in [4.69, 9.17) is 4.74 Å². The number of aryl methyl sites for hydroxylation is 1. The molecule has 0 aliphatic carbocycles. The van der Waals surface area contributed by atoms with Crippen molar-refractivity contribution in [3.05, 3.63) is 81.8 Å². The molecular formula is C24H23N3O2S2. The first-order valence-corrected chi connectivity index (χ1v) is 11.8. The Bertz CT molecular complexity index is 1170. The number of nitrogens with zero attached hydrogens (tertiary/aromatic N) is 2. The lowest BCUT2D eigenvalue weighted by molar-refractivity contribution is -0.115. The van der Waals surface area contributed by atoms with Gasteiger partial charge in [-0.3, -0.25) is 4.79 Å². The average molecular weight is 450 g/mol. The van der Waals surface area contributed by atoms with Crippen molar-refractivity contribution in [1.29, 1.82) is 0 Å². The summed E-state index contributed by atoms with van der Waals surface area (Å²) in [6.07, 6.45) is 2.84. The van der Waals surface area contributed by atoms with Gasteiger partial charge in [0, 0.05) is 22.9 Å². The molecule has 0 aliphatic heterocycles. The fourth-order valence-electron chi connectivity index (χ4n) is 3.12. The van der Waals surface area contributed by atoms with Crippen molar-refractivity contribution in [3.8, 4) is 16.3 Å². The summed E-state index contributed by atoms with van der Waals surface area (Å²) in [5.74, 6) is 0.686. The van der Waals surface area contributed by atoms with Crippen molar-refractivity contribution in [1.82, 2.24) is 9.97 Å². The highest BCUT2D eigenvalue weighted by Gasteiger charge is 2.13.